The summed E-state index contributed by atoms with van der Waals surface area (Å²) in [5.74, 6) is -0.638. The van der Waals surface area contributed by atoms with E-state index in [1.54, 1.807) is 9.91 Å². The molecule has 2 aromatic rings. The summed E-state index contributed by atoms with van der Waals surface area (Å²) in [5.41, 5.74) is 9.17. The first-order valence-electron chi connectivity index (χ1n) is 9.12. The number of amides is 2. The number of anilines is 1. The van der Waals surface area contributed by atoms with E-state index in [0.717, 1.165) is 18.5 Å². The van der Waals surface area contributed by atoms with Crippen molar-refractivity contribution < 1.29 is 9.59 Å². The Morgan fingerprint density at radius 1 is 1.11 bits per heavy atom. The highest BCUT2D eigenvalue weighted by molar-refractivity contribution is 6.40. The molecule has 138 valence electrons. The van der Waals surface area contributed by atoms with Crippen LogP contribution in [-0.4, -0.2) is 35.5 Å². The summed E-state index contributed by atoms with van der Waals surface area (Å²) in [5, 5.41) is 6.03. The number of para-hydroxylation sites is 1. The molecule has 2 amide bonds. The fraction of sp³-hybridized carbons (Fsp3) is 0.286. The van der Waals surface area contributed by atoms with Crippen LogP contribution in [0.25, 0.3) is 0 Å². The fourth-order valence-corrected chi connectivity index (χ4v) is 3.96. The largest absolute Gasteiger partial charge is 0.368 e. The monoisotopic (exact) mass is 362 g/mol. The van der Waals surface area contributed by atoms with Crippen molar-refractivity contribution in [2.45, 2.75) is 31.3 Å². The lowest BCUT2D eigenvalue weighted by Gasteiger charge is -2.25. The Balaban J connectivity index is 1.59. The van der Waals surface area contributed by atoms with E-state index >= 15 is 0 Å². The van der Waals surface area contributed by atoms with Gasteiger partial charge in [0.25, 0.3) is 5.91 Å². The van der Waals surface area contributed by atoms with Gasteiger partial charge in [-0.15, -0.1) is 0 Å². The maximum absolute atomic E-state index is 13.1. The van der Waals surface area contributed by atoms with Gasteiger partial charge in [-0.2, -0.15) is 5.10 Å². The summed E-state index contributed by atoms with van der Waals surface area (Å²) >= 11 is 0. The molecule has 6 nitrogen and oxygen atoms in total. The number of hydrogen-bond donors (Lipinski definition) is 1. The van der Waals surface area contributed by atoms with E-state index < -0.39 is 11.9 Å². The van der Waals surface area contributed by atoms with Crippen molar-refractivity contribution in [3.05, 3.63) is 65.7 Å². The standard InChI is InChI=1S/C21H22N4O2/c1-24(18-12-11-14-7-5-6-10-16(14)18)21(27)17-13-19(20(22)26)25(23-17)15-8-3-2-4-9-15/h2-10,18-19H,11-13H2,1H3,(H2,22,26)/t18-,19+/m1/s1. The number of aryl methyl sites for hydroxylation is 1. The molecule has 1 aliphatic carbocycles. The van der Waals surface area contributed by atoms with Crippen LogP contribution < -0.4 is 10.7 Å². The summed E-state index contributed by atoms with van der Waals surface area (Å²) in [6, 6.07) is 16.9. The Hall–Kier alpha value is -3.15. The van der Waals surface area contributed by atoms with Crippen molar-refractivity contribution in [2.24, 2.45) is 10.8 Å². The average Bonchev–Trinajstić information content (AvgIpc) is 3.32. The van der Waals surface area contributed by atoms with Crippen molar-refractivity contribution in [3.63, 3.8) is 0 Å². The summed E-state index contributed by atoms with van der Waals surface area (Å²) in [6.45, 7) is 0. The minimum atomic E-state index is -0.643. The van der Waals surface area contributed by atoms with Crippen LogP contribution >= 0.6 is 0 Å². The molecule has 0 bridgehead atoms. The quantitative estimate of drug-likeness (QED) is 0.906. The van der Waals surface area contributed by atoms with E-state index in [1.165, 1.54) is 11.1 Å². The van der Waals surface area contributed by atoms with E-state index in [9.17, 15) is 9.59 Å². The van der Waals surface area contributed by atoms with Crippen LogP contribution in [0.15, 0.2) is 59.7 Å². The number of rotatable bonds is 4. The number of carbonyl (C=O) groups excluding carboxylic acids is 2. The van der Waals surface area contributed by atoms with Gasteiger partial charge in [0.15, 0.2) is 0 Å². The third-order valence-corrected chi connectivity index (χ3v) is 5.40. The summed E-state index contributed by atoms with van der Waals surface area (Å²) in [6.07, 6.45) is 2.09. The van der Waals surface area contributed by atoms with Gasteiger partial charge in [-0.1, -0.05) is 42.5 Å². The van der Waals surface area contributed by atoms with Crippen LogP contribution in [0.3, 0.4) is 0 Å². The van der Waals surface area contributed by atoms with Gasteiger partial charge in [0.1, 0.15) is 11.8 Å². The number of benzene rings is 2. The van der Waals surface area contributed by atoms with Crippen LogP contribution in [-0.2, 0) is 16.0 Å². The molecule has 0 fully saturated rings. The molecule has 0 radical (unpaired) electrons. The molecule has 2 aromatic carbocycles. The summed E-state index contributed by atoms with van der Waals surface area (Å²) in [7, 11) is 1.81. The molecule has 27 heavy (non-hydrogen) atoms. The first kappa shape index (κ1) is 17.3. The minimum absolute atomic E-state index is 0.0363. The summed E-state index contributed by atoms with van der Waals surface area (Å²) in [4.78, 5) is 26.8. The van der Waals surface area contributed by atoms with E-state index in [2.05, 4.69) is 17.2 Å². The molecular formula is C21H22N4O2. The predicted molar refractivity (Wildman–Crippen MR) is 104 cm³/mol. The molecular weight excluding hydrogens is 340 g/mol. The van der Waals surface area contributed by atoms with E-state index in [0.29, 0.717) is 5.71 Å². The maximum Gasteiger partial charge on any atom is 0.270 e. The van der Waals surface area contributed by atoms with Crippen molar-refractivity contribution in [1.82, 2.24) is 4.90 Å². The van der Waals surface area contributed by atoms with Crippen molar-refractivity contribution in [1.29, 1.82) is 0 Å². The lowest BCUT2D eigenvalue weighted by molar-refractivity contribution is -0.125. The number of hydrogen-bond acceptors (Lipinski definition) is 4. The molecule has 1 heterocycles. The van der Waals surface area contributed by atoms with E-state index in [1.807, 2.05) is 49.5 Å². The van der Waals surface area contributed by atoms with Crippen molar-refractivity contribution in [3.8, 4) is 0 Å². The molecule has 6 heteroatoms. The second kappa shape index (κ2) is 6.87. The highest BCUT2D eigenvalue weighted by Crippen LogP contribution is 2.35. The fourth-order valence-electron chi connectivity index (χ4n) is 3.96. The van der Waals surface area contributed by atoms with Gasteiger partial charge in [-0.25, -0.2) is 0 Å². The zero-order valence-electron chi connectivity index (χ0n) is 15.2. The normalized spacial score (nSPS) is 20.9. The molecule has 0 saturated heterocycles. The molecule has 0 unspecified atom stereocenters. The SMILES string of the molecule is CN(C(=O)C1=NN(c2ccccc2)[C@H](C(N)=O)C1)[C@@H]1CCc2ccccc21. The smallest absolute Gasteiger partial charge is 0.270 e. The Labute approximate surface area is 158 Å². The molecule has 2 atom stereocenters. The van der Waals surface area contributed by atoms with Gasteiger partial charge < -0.3 is 10.6 Å². The lowest BCUT2D eigenvalue weighted by atomic mass is 10.1. The second-order valence-corrected chi connectivity index (χ2v) is 7.02. The van der Waals surface area contributed by atoms with Crippen LogP contribution in [0.5, 0.6) is 0 Å². The Morgan fingerprint density at radius 2 is 1.81 bits per heavy atom. The van der Waals surface area contributed by atoms with E-state index in [-0.39, 0.29) is 18.4 Å². The zero-order valence-corrected chi connectivity index (χ0v) is 15.2. The third kappa shape index (κ3) is 3.07. The number of hydrazone groups is 1. The zero-order chi connectivity index (χ0) is 19.0. The average molecular weight is 362 g/mol. The summed E-state index contributed by atoms with van der Waals surface area (Å²) < 4.78 is 0. The Kier molecular flexibility index (Phi) is 4.39. The molecule has 0 aromatic heterocycles. The molecule has 2 N–H and O–H groups in total. The van der Waals surface area contributed by atoms with Gasteiger partial charge in [-0.3, -0.25) is 14.6 Å². The van der Waals surface area contributed by atoms with Gasteiger partial charge >= 0.3 is 0 Å². The molecule has 2 aliphatic rings. The van der Waals surface area contributed by atoms with Gasteiger partial charge in [-0.05, 0) is 36.1 Å². The first-order chi connectivity index (χ1) is 13.1. The molecule has 0 spiro atoms. The second-order valence-electron chi connectivity index (χ2n) is 7.02. The van der Waals surface area contributed by atoms with Gasteiger partial charge in [0.2, 0.25) is 5.91 Å². The third-order valence-electron chi connectivity index (χ3n) is 5.40. The number of nitrogens with zero attached hydrogens (tertiary/aromatic N) is 3. The van der Waals surface area contributed by atoms with Gasteiger partial charge in [0.05, 0.1) is 11.7 Å². The lowest BCUT2D eigenvalue weighted by Crippen LogP contribution is -2.40. The molecule has 1 aliphatic heterocycles. The van der Waals surface area contributed by atoms with Crippen LogP contribution in [0.1, 0.15) is 30.0 Å². The van der Waals surface area contributed by atoms with Crippen molar-refractivity contribution >= 4 is 23.2 Å². The molecule has 0 saturated carbocycles. The van der Waals surface area contributed by atoms with Crippen molar-refractivity contribution in [2.75, 3.05) is 12.1 Å². The molecule has 4 rings (SSSR count). The highest BCUT2D eigenvalue weighted by atomic mass is 16.2. The maximum atomic E-state index is 13.1. The number of fused-ring (bicyclic) bond motifs is 1. The van der Waals surface area contributed by atoms with Gasteiger partial charge in [0, 0.05) is 13.5 Å². The first-order valence-corrected chi connectivity index (χ1v) is 9.12. The minimum Gasteiger partial charge on any atom is -0.368 e. The Bertz CT molecular complexity index is 909. The van der Waals surface area contributed by atoms with Crippen LogP contribution in [0, 0.1) is 0 Å². The number of nitrogens with two attached hydrogens (primary N) is 1. The number of carbonyl (C=O) groups is 2. The Morgan fingerprint density at radius 3 is 2.56 bits per heavy atom. The van der Waals surface area contributed by atoms with Crippen LogP contribution in [0.2, 0.25) is 0 Å². The predicted octanol–water partition coefficient (Wildman–Crippen LogP) is 2.25. The van der Waals surface area contributed by atoms with Crippen LogP contribution in [0.4, 0.5) is 5.69 Å². The topological polar surface area (TPSA) is 79.0 Å². The number of primary amides is 1. The highest BCUT2D eigenvalue weighted by Gasteiger charge is 2.38. The van der Waals surface area contributed by atoms with E-state index in [4.69, 9.17) is 5.73 Å².